The van der Waals surface area contributed by atoms with Crippen molar-refractivity contribution < 1.29 is 72.1 Å². The SMILES string of the molecule is CC[C@H](C)[C@@H]([C@@H](CC(=O)N1CCC[C@H]1[C@H](OC)[C@@H](C)C(=O)N[C@H](C)[C@@H](O)c1ccccc1)OC)N(C)C(=O)[C@@H](NC(=O)[C@H](C(C)C)N(C)C(=O)OCc1ccc(NC(=O)[C@H](CCCNC(N)=O)NC(=O)[C@@H](NC(=O)CCCCCN2C(=O)C[C@@H](SC3CCCCCCCCC3)C2=O)C(C)C)cc1)C(C)C. The quantitative estimate of drug-likeness (QED) is 0.0228. The van der Waals surface area contributed by atoms with Gasteiger partial charge in [0.25, 0.3) is 0 Å². The van der Waals surface area contributed by atoms with Crippen LogP contribution in [0.1, 0.15) is 215 Å². The molecule has 2 saturated heterocycles. The Morgan fingerprint density at radius 3 is 1.91 bits per heavy atom. The van der Waals surface area contributed by atoms with E-state index in [1.54, 1.807) is 120 Å². The molecule has 0 unspecified atom stereocenters. The Hall–Kier alpha value is -7.36. The summed E-state index contributed by atoms with van der Waals surface area (Å²) in [6, 6.07) is 8.81. The Bertz CT molecular complexity index is 3120. The third-order valence-electron chi connectivity index (χ3n) is 20.9. The fourth-order valence-electron chi connectivity index (χ4n) is 14.5. The van der Waals surface area contributed by atoms with Crippen molar-refractivity contribution in [2.75, 3.05) is 53.3 Å². The maximum absolute atomic E-state index is 14.9. The predicted molar refractivity (Wildman–Crippen MR) is 406 cm³/mol. The van der Waals surface area contributed by atoms with Crippen LogP contribution in [0.5, 0.6) is 0 Å². The molecule has 2 aromatic carbocycles. The molecule has 0 radical (unpaired) electrons. The number of hydrogen-bond donors (Lipinski definition) is 8. The van der Waals surface area contributed by atoms with Crippen LogP contribution in [0.4, 0.5) is 15.3 Å². The van der Waals surface area contributed by atoms with E-state index in [1.807, 2.05) is 32.0 Å². The molecule has 1 saturated carbocycles. The second kappa shape index (κ2) is 44.7. The van der Waals surface area contributed by atoms with Crippen LogP contribution in [0.25, 0.3) is 0 Å². The van der Waals surface area contributed by atoms with Crippen molar-refractivity contribution in [3.05, 3.63) is 65.7 Å². The number of methoxy groups -OCH3 is 2. The molecule has 2 heterocycles. The number of likely N-dealkylation sites (tertiary alicyclic amines) is 2. The Morgan fingerprint density at radius 1 is 0.686 bits per heavy atom. The number of nitrogens with two attached hydrogens (primary N) is 1. The number of hydrogen-bond acceptors (Lipinski definition) is 16. The van der Waals surface area contributed by atoms with Gasteiger partial charge >= 0.3 is 12.1 Å². The standard InChI is InChI=1S/C78H125N11O15S/c1-15-51(8)68(60(102-13)45-63(91)88-44-30-36-59(88)70(103-14)52(9)71(94)81-53(10)69(93)55-31-23-21-24-32-55)86(11)76(99)66(49(4)5)85-74(97)67(50(6)7)87(12)78(101)104-47-54-38-40-56(41-39-54)82-72(95)58(35-29-42-80-77(79)100)83-73(96)65(48(2)3)84-62(90)37-27-22-28-43-89-64(92)46-61(75(89)98)105-57-33-25-19-17-16-18-20-26-34-57/h21,23-24,31-32,38-41,48-53,57-61,65-70,93H,15-20,22,25-30,33-37,42-47H2,1-14H3,(H,81,94)(H,82,95)(H,83,96)(H,84,90)(H,85,97)(H3,79,80,100)/t51-,52+,53+,58-,59-,60+,61+,65-,66-,67-,68-,69+,70+/m0/s1. The van der Waals surface area contributed by atoms with Gasteiger partial charge in [0.15, 0.2) is 0 Å². The van der Waals surface area contributed by atoms with Crippen molar-refractivity contribution in [2.45, 2.75) is 275 Å². The second-order valence-electron chi connectivity index (χ2n) is 30.0. The monoisotopic (exact) mass is 1490 g/mol. The molecule has 5 rings (SSSR count). The van der Waals surface area contributed by atoms with Crippen molar-refractivity contribution >= 4 is 82.7 Å². The average Bonchev–Trinajstić information content (AvgIpc) is 1.79. The molecule has 0 aromatic heterocycles. The number of nitrogens with zero attached hydrogens (tertiary/aromatic N) is 4. The van der Waals surface area contributed by atoms with E-state index in [0.29, 0.717) is 73.7 Å². The largest absolute Gasteiger partial charge is 0.445 e. The molecule has 26 nitrogen and oxygen atoms in total. The lowest BCUT2D eigenvalue weighted by molar-refractivity contribution is -0.148. The van der Waals surface area contributed by atoms with E-state index in [-0.39, 0.29) is 91.9 Å². The summed E-state index contributed by atoms with van der Waals surface area (Å²) in [5, 5.41) is 27.9. The van der Waals surface area contributed by atoms with Gasteiger partial charge in [-0.25, -0.2) is 9.59 Å². The summed E-state index contributed by atoms with van der Waals surface area (Å²) < 4.78 is 17.8. The Kier molecular flexibility index (Phi) is 37.6. The summed E-state index contributed by atoms with van der Waals surface area (Å²) in [4.78, 5) is 156. The number of primary amides is 1. The number of ether oxygens (including phenoxy) is 3. The van der Waals surface area contributed by atoms with Crippen molar-refractivity contribution in [3.8, 4) is 0 Å². The predicted octanol–water partition coefficient (Wildman–Crippen LogP) is 8.91. The van der Waals surface area contributed by atoms with Gasteiger partial charge in [0.2, 0.25) is 53.2 Å². The first kappa shape index (κ1) is 88.3. The van der Waals surface area contributed by atoms with Gasteiger partial charge in [0.1, 0.15) is 30.8 Å². The first-order chi connectivity index (χ1) is 49.9. The Balaban J connectivity index is 1.14. The van der Waals surface area contributed by atoms with Crippen LogP contribution < -0.4 is 37.6 Å². The molecule has 2 aromatic rings. The number of carbonyl (C=O) groups is 11. The number of aliphatic hydroxyl groups is 1. The fourth-order valence-corrected chi connectivity index (χ4v) is 16.1. The smallest absolute Gasteiger partial charge is 0.410 e. The normalized spacial score (nSPS) is 19.2. The molecular formula is C78H125N11O15S. The molecule has 105 heavy (non-hydrogen) atoms. The van der Waals surface area contributed by atoms with Gasteiger partial charge in [-0.15, -0.1) is 11.8 Å². The van der Waals surface area contributed by atoms with E-state index in [4.69, 9.17) is 19.9 Å². The number of amides is 12. The molecule has 9 N–H and O–H groups in total. The van der Waals surface area contributed by atoms with Crippen molar-refractivity contribution in [3.63, 3.8) is 0 Å². The molecule has 2 aliphatic heterocycles. The fraction of sp³-hybridized carbons (Fsp3) is 0.705. The number of unbranched alkanes of at least 4 members (excludes halogenated alkanes) is 2. The summed E-state index contributed by atoms with van der Waals surface area (Å²) in [6.45, 7) is 18.8. The van der Waals surface area contributed by atoms with Gasteiger partial charge in [0.05, 0.1) is 54.0 Å². The number of thioether (sulfide) groups is 1. The molecule has 588 valence electrons. The molecular weight excluding hydrogens is 1360 g/mol. The maximum atomic E-state index is 14.9. The van der Waals surface area contributed by atoms with Crippen LogP contribution in [-0.2, 0) is 64.0 Å². The average molecular weight is 1490 g/mol. The third-order valence-corrected chi connectivity index (χ3v) is 22.5. The molecule has 0 bridgehead atoms. The van der Waals surface area contributed by atoms with Gasteiger partial charge in [-0.05, 0) is 105 Å². The van der Waals surface area contributed by atoms with E-state index in [0.717, 1.165) is 25.7 Å². The maximum Gasteiger partial charge on any atom is 0.410 e. The molecule has 0 spiro atoms. The third kappa shape index (κ3) is 27.1. The number of aliphatic hydroxyl groups excluding tert-OH is 1. The highest BCUT2D eigenvalue weighted by molar-refractivity contribution is 8.01. The lowest BCUT2D eigenvalue weighted by Gasteiger charge is -2.41. The molecule has 1 aliphatic carbocycles. The van der Waals surface area contributed by atoms with Crippen LogP contribution in [0.3, 0.4) is 0 Å². The second-order valence-corrected chi connectivity index (χ2v) is 31.5. The van der Waals surface area contributed by atoms with Crippen LogP contribution in [-0.4, -0.2) is 203 Å². The van der Waals surface area contributed by atoms with E-state index >= 15 is 0 Å². The molecule has 12 amide bonds. The summed E-state index contributed by atoms with van der Waals surface area (Å²) in [6.07, 6.45) is 11.5. The van der Waals surface area contributed by atoms with Gasteiger partial charge in [-0.2, -0.15) is 0 Å². The minimum Gasteiger partial charge on any atom is -0.445 e. The lowest BCUT2D eigenvalue weighted by atomic mass is 9.89. The van der Waals surface area contributed by atoms with Crippen LogP contribution in [0, 0.1) is 29.6 Å². The number of benzene rings is 2. The number of urea groups is 1. The zero-order chi connectivity index (χ0) is 77.6. The molecule has 13 atom stereocenters. The topological polar surface area (TPSA) is 347 Å². The highest BCUT2D eigenvalue weighted by atomic mass is 32.2. The minimum absolute atomic E-state index is 0.0885. The van der Waals surface area contributed by atoms with Gasteiger partial charge in [-0.1, -0.05) is 163 Å². The molecule has 27 heteroatoms. The summed E-state index contributed by atoms with van der Waals surface area (Å²) >= 11 is 1.68. The highest BCUT2D eigenvalue weighted by Crippen LogP contribution is 2.35. The van der Waals surface area contributed by atoms with Crippen molar-refractivity contribution in [1.82, 2.24) is 46.2 Å². The zero-order valence-electron chi connectivity index (χ0n) is 64.9. The summed E-state index contributed by atoms with van der Waals surface area (Å²) in [7, 11) is 6.10. The zero-order valence-corrected chi connectivity index (χ0v) is 65.7. The highest BCUT2D eigenvalue weighted by Gasteiger charge is 2.45. The van der Waals surface area contributed by atoms with E-state index < -0.39 is 114 Å². The number of nitrogens with one attached hydrogen (secondary N) is 6. The van der Waals surface area contributed by atoms with Gasteiger partial charge in [0, 0.05) is 71.7 Å². The first-order valence-corrected chi connectivity index (χ1v) is 39.3. The number of likely N-dealkylation sites (N-methyl/N-ethyl adjacent to an activating group) is 2. The molecule has 3 fully saturated rings. The van der Waals surface area contributed by atoms with Crippen LogP contribution in [0.15, 0.2) is 54.6 Å². The first-order valence-electron chi connectivity index (χ1n) is 38.3. The minimum atomic E-state index is -1.11. The summed E-state index contributed by atoms with van der Waals surface area (Å²) in [5.74, 6) is -5.47. The number of rotatable bonds is 40. The van der Waals surface area contributed by atoms with Crippen LogP contribution >= 0.6 is 11.8 Å². The number of anilines is 1. The van der Waals surface area contributed by atoms with Crippen molar-refractivity contribution in [2.24, 2.45) is 35.3 Å². The number of carbonyl (C=O) groups excluding carboxylic acids is 11. The van der Waals surface area contributed by atoms with E-state index in [1.165, 1.54) is 63.2 Å². The van der Waals surface area contributed by atoms with E-state index in [2.05, 4.69) is 31.9 Å². The Morgan fingerprint density at radius 2 is 1.32 bits per heavy atom. The van der Waals surface area contributed by atoms with E-state index in [9.17, 15) is 57.8 Å². The van der Waals surface area contributed by atoms with Crippen molar-refractivity contribution in [1.29, 1.82) is 0 Å². The van der Waals surface area contributed by atoms with Gasteiger partial charge < -0.3 is 66.8 Å². The molecule has 3 aliphatic rings. The summed E-state index contributed by atoms with van der Waals surface area (Å²) in [5.41, 5.74) is 6.84. The number of imide groups is 1. The lowest BCUT2D eigenvalue weighted by Crippen LogP contribution is -2.60. The van der Waals surface area contributed by atoms with Crippen LogP contribution in [0.2, 0.25) is 0 Å². The Labute approximate surface area is 627 Å². The van der Waals surface area contributed by atoms with Gasteiger partial charge in [-0.3, -0.25) is 53.0 Å².